The highest BCUT2D eigenvalue weighted by Crippen LogP contribution is 2.38. The van der Waals surface area contributed by atoms with E-state index in [1.54, 1.807) is 6.07 Å². The molecule has 0 bridgehead atoms. The molecule has 1 amide bonds. The lowest BCUT2D eigenvalue weighted by atomic mass is 9.90. The van der Waals surface area contributed by atoms with Crippen LogP contribution >= 0.6 is 0 Å². The number of likely N-dealkylation sites (tertiary alicyclic amines) is 1. The highest BCUT2D eigenvalue weighted by atomic mass is 16.6. The number of rotatable bonds is 7. The SMILES string of the molecule is O=C1Nc2ccc([N+](=O)[O-])cc2C1C(=Nc1ccc(CCN2CCCC2)cc1)c1ccccc1. The highest BCUT2D eigenvalue weighted by molar-refractivity contribution is 6.24. The van der Waals surface area contributed by atoms with Crippen molar-refractivity contribution in [2.24, 2.45) is 4.99 Å². The van der Waals surface area contributed by atoms with Crippen molar-refractivity contribution < 1.29 is 9.72 Å². The Morgan fingerprint density at radius 3 is 2.47 bits per heavy atom. The quantitative estimate of drug-likeness (QED) is 0.306. The fourth-order valence-electron chi connectivity index (χ4n) is 4.71. The Kier molecular flexibility index (Phi) is 6.18. The molecule has 172 valence electrons. The Morgan fingerprint density at radius 1 is 1.03 bits per heavy atom. The van der Waals surface area contributed by atoms with Crippen LogP contribution in [0.2, 0.25) is 0 Å². The molecule has 2 heterocycles. The number of benzene rings is 3. The van der Waals surface area contributed by atoms with Crippen molar-refractivity contribution in [3.05, 3.63) is 99.6 Å². The number of nitro benzene ring substituents is 1. The Bertz CT molecular complexity index is 1230. The molecule has 3 aromatic carbocycles. The summed E-state index contributed by atoms with van der Waals surface area (Å²) in [4.78, 5) is 31.3. The molecule has 3 aromatic rings. The van der Waals surface area contributed by atoms with E-state index in [2.05, 4.69) is 22.3 Å². The van der Waals surface area contributed by atoms with Crippen LogP contribution in [-0.2, 0) is 11.2 Å². The fourth-order valence-corrected chi connectivity index (χ4v) is 4.71. The summed E-state index contributed by atoms with van der Waals surface area (Å²) in [5.74, 6) is -0.965. The Balaban J connectivity index is 1.48. The molecular formula is C27H26N4O3. The minimum atomic E-state index is -0.729. The zero-order chi connectivity index (χ0) is 23.5. The topological polar surface area (TPSA) is 87.8 Å². The van der Waals surface area contributed by atoms with E-state index in [4.69, 9.17) is 4.99 Å². The molecule has 0 aromatic heterocycles. The van der Waals surface area contributed by atoms with E-state index < -0.39 is 10.8 Å². The maximum Gasteiger partial charge on any atom is 0.269 e. The van der Waals surface area contributed by atoms with Crippen LogP contribution in [-0.4, -0.2) is 41.1 Å². The van der Waals surface area contributed by atoms with Crippen molar-refractivity contribution >= 4 is 28.7 Å². The number of amides is 1. The number of carbonyl (C=O) groups excluding carboxylic acids is 1. The lowest BCUT2D eigenvalue weighted by molar-refractivity contribution is -0.384. The first-order valence-electron chi connectivity index (χ1n) is 11.6. The predicted octanol–water partition coefficient (Wildman–Crippen LogP) is 5.09. The van der Waals surface area contributed by atoms with Crippen molar-refractivity contribution in [2.75, 3.05) is 25.0 Å². The Hall–Kier alpha value is -3.84. The van der Waals surface area contributed by atoms with Crippen LogP contribution in [0.25, 0.3) is 0 Å². The molecular weight excluding hydrogens is 428 g/mol. The molecule has 5 rings (SSSR count). The summed E-state index contributed by atoms with van der Waals surface area (Å²) in [6.07, 6.45) is 3.57. The van der Waals surface area contributed by atoms with Gasteiger partial charge in [-0.2, -0.15) is 0 Å². The number of nitrogens with one attached hydrogen (secondary N) is 1. The molecule has 0 radical (unpaired) electrons. The third kappa shape index (κ3) is 4.61. The lowest BCUT2D eigenvalue weighted by Gasteiger charge is -2.15. The summed E-state index contributed by atoms with van der Waals surface area (Å²) in [6, 6.07) is 22.1. The van der Waals surface area contributed by atoms with Gasteiger partial charge in [-0.25, -0.2) is 0 Å². The number of nitro groups is 1. The summed E-state index contributed by atoms with van der Waals surface area (Å²) < 4.78 is 0. The third-order valence-electron chi connectivity index (χ3n) is 6.52. The second-order valence-corrected chi connectivity index (χ2v) is 8.78. The van der Waals surface area contributed by atoms with Crippen LogP contribution in [0.1, 0.15) is 35.4 Å². The monoisotopic (exact) mass is 454 g/mol. The normalized spacial score (nSPS) is 18.1. The van der Waals surface area contributed by atoms with Gasteiger partial charge in [0.05, 0.1) is 16.3 Å². The van der Waals surface area contributed by atoms with Crippen molar-refractivity contribution in [3.8, 4) is 0 Å². The van der Waals surface area contributed by atoms with Gasteiger partial charge in [-0.3, -0.25) is 19.9 Å². The molecule has 0 aliphatic carbocycles. The van der Waals surface area contributed by atoms with Crippen LogP contribution in [0.3, 0.4) is 0 Å². The van der Waals surface area contributed by atoms with Gasteiger partial charge in [0.15, 0.2) is 0 Å². The molecule has 34 heavy (non-hydrogen) atoms. The molecule has 2 aliphatic rings. The minimum absolute atomic E-state index is 0.0463. The van der Waals surface area contributed by atoms with Crippen molar-refractivity contribution in [1.82, 2.24) is 4.90 Å². The number of anilines is 1. The molecule has 1 N–H and O–H groups in total. The first kappa shape index (κ1) is 22.0. The second-order valence-electron chi connectivity index (χ2n) is 8.78. The van der Waals surface area contributed by atoms with Gasteiger partial charge in [-0.05, 0) is 61.7 Å². The highest BCUT2D eigenvalue weighted by Gasteiger charge is 2.36. The van der Waals surface area contributed by atoms with Crippen LogP contribution in [0.15, 0.2) is 77.8 Å². The smallest absolute Gasteiger partial charge is 0.269 e. The molecule has 1 saturated heterocycles. The van der Waals surface area contributed by atoms with Gasteiger partial charge >= 0.3 is 0 Å². The third-order valence-corrected chi connectivity index (χ3v) is 6.52. The van der Waals surface area contributed by atoms with E-state index in [9.17, 15) is 14.9 Å². The summed E-state index contributed by atoms with van der Waals surface area (Å²) >= 11 is 0. The number of nitrogens with zero attached hydrogens (tertiary/aromatic N) is 3. The van der Waals surface area contributed by atoms with Gasteiger partial charge in [-0.15, -0.1) is 0 Å². The Morgan fingerprint density at radius 2 is 1.76 bits per heavy atom. The number of fused-ring (bicyclic) bond motifs is 1. The largest absolute Gasteiger partial charge is 0.325 e. The molecule has 7 nitrogen and oxygen atoms in total. The number of hydrogen-bond donors (Lipinski definition) is 1. The van der Waals surface area contributed by atoms with E-state index in [1.165, 1.54) is 43.6 Å². The first-order valence-corrected chi connectivity index (χ1v) is 11.6. The van der Waals surface area contributed by atoms with E-state index in [0.717, 1.165) is 24.2 Å². The molecule has 1 atom stereocenters. The number of carbonyl (C=O) groups is 1. The zero-order valence-corrected chi connectivity index (χ0v) is 18.8. The average molecular weight is 455 g/mol. The molecule has 1 fully saturated rings. The van der Waals surface area contributed by atoms with Gasteiger partial charge in [0.2, 0.25) is 5.91 Å². The van der Waals surface area contributed by atoms with Gasteiger partial charge in [-0.1, -0.05) is 42.5 Å². The second kappa shape index (κ2) is 9.57. The summed E-state index contributed by atoms with van der Waals surface area (Å²) in [5.41, 5.74) is 4.49. The van der Waals surface area contributed by atoms with Crippen LogP contribution < -0.4 is 5.32 Å². The van der Waals surface area contributed by atoms with Crippen molar-refractivity contribution in [1.29, 1.82) is 0 Å². The van der Waals surface area contributed by atoms with Gasteiger partial charge in [0.25, 0.3) is 5.69 Å². The van der Waals surface area contributed by atoms with Crippen molar-refractivity contribution in [2.45, 2.75) is 25.2 Å². The van der Waals surface area contributed by atoms with Crippen molar-refractivity contribution in [3.63, 3.8) is 0 Å². The molecule has 0 spiro atoms. The summed E-state index contributed by atoms with van der Waals surface area (Å²) in [5, 5.41) is 14.2. The maximum absolute atomic E-state index is 13.0. The van der Waals surface area contributed by atoms with Gasteiger partial charge < -0.3 is 10.2 Å². The Labute approximate surface area is 198 Å². The molecule has 7 heteroatoms. The standard InChI is InChI=1S/C27H26N4O3/c32-27-25(23-18-22(31(33)34)12-13-24(23)29-27)26(20-6-2-1-3-7-20)28-21-10-8-19(9-11-21)14-17-30-15-4-5-16-30/h1-3,6-13,18,25H,4-5,14-17H2,(H,29,32). The fraction of sp³-hybridized carbons (Fsp3) is 0.259. The first-order chi connectivity index (χ1) is 16.6. The predicted molar refractivity (Wildman–Crippen MR) is 133 cm³/mol. The van der Waals surface area contributed by atoms with E-state index in [1.807, 2.05) is 42.5 Å². The maximum atomic E-state index is 13.0. The van der Waals surface area contributed by atoms with Crippen LogP contribution in [0, 0.1) is 10.1 Å². The zero-order valence-electron chi connectivity index (χ0n) is 18.8. The van der Waals surface area contributed by atoms with E-state index in [-0.39, 0.29) is 11.6 Å². The van der Waals surface area contributed by atoms with Crippen LogP contribution in [0.5, 0.6) is 0 Å². The number of aliphatic imine (C=N–C) groups is 1. The van der Waals surface area contributed by atoms with Gasteiger partial charge in [0, 0.05) is 29.9 Å². The van der Waals surface area contributed by atoms with Crippen LogP contribution in [0.4, 0.5) is 17.1 Å². The summed E-state index contributed by atoms with van der Waals surface area (Å²) in [7, 11) is 0. The summed E-state index contributed by atoms with van der Waals surface area (Å²) in [6.45, 7) is 3.44. The van der Waals surface area contributed by atoms with Gasteiger partial charge in [0.1, 0.15) is 5.92 Å². The number of non-ortho nitro benzene ring substituents is 1. The molecule has 1 unspecified atom stereocenters. The molecule has 0 saturated carbocycles. The van der Waals surface area contributed by atoms with E-state index in [0.29, 0.717) is 17.0 Å². The minimum Gasteiger partial charge on any atom is -0.325 e. The van der Waals surface area contributed by atoms with E-state index >= 15 is 0 Å². The average Bonchev–Trinajstić information content (AvgIpc) is 3.49. The molecule has 2 aliphatic heterocycles. The number of hydrogen-bond acceptors (Lipinski definition) is 5. The lowest BCUT2D eigenvalue weighted by Crippen LogP contribution is -2.22.